The number of aromatic nitrogens is 3. The quantitative estimate of drug-likeness (QED) is 0.797. The Morgan fingerprint density at radius 2 is 2.20 bits per heavy atom. The van der Waals surface area contributed by atoms with Crippen LogP contribution in [-0.2, 0) is 0 Å². The molecule has 0 saturated heterocycles. The molecule has 0 aromatic carbocycles. The first-order valence-electron chi connectivity index (χ1n) is 4.51. The monoisotopic (exact) mass is 204 g/mol. The topological polar surface area (TPSA) is 66.0 Å². The molecule has 0 saturated carbocycles. The maximum Gasteiger partial charge on any atom is 0.148 e. The van der Waals surface area contributed by atoms with Gasteiger partial charge in [0.25, 0.3) is 0 Å². The van der Waals surface area contributed by atoms with Crippen molar-refractivity contribution in [3.05, 3.63) is 30.5 Å². The highest BCUT2D eigenvalue weighted by Gasteiger charge is 2.08. The molecule has 0 aliphatic heterocycles. The van der Waals surface area contributed by atoms with Crippen molar-refractivity contribution in [1.29, 1.82) is 0 Å². The molecule has 2 aromatic rings. The van der Waals surface area contributed by atoms with Gasteiger partial charge >= 0.3 is 0 Å². The first kappa shape index (κ1) is 9.51. The summed E-state index contributed by atoms with van der Waals surface area (Å²) < 4.78 is 7.13. The van der Waals surface area contributed by atoms with Crippen LogP contribution < -0.4 is 10.5 Å². The summed E-state index contributed by atoms with van der Waals surface area (Å²) in [6.07, 6.45) is 5.16. The fourth-order valence-corrected chi connectivity index (χ4v) is 1.40. The Morgan fingerprint density at radius 1 is 1.40 bits per heavy atom. The summed E-state index contributed by atoms with van der Waals surface area (Å²) >= 11 is 0. The lowest BCUT2D eigenvalue weighted by molar-refractivity contribution is 0.412. The van der Waals surface area contributed by atoms with E-state index in [0.29, 0.717) is 11.6 Å². The van der Waals surface area contributed by atoms with Crippen molar-refractivity contribution in [3.8, 4) is 11.4 Å². The van der Waals surface area contributed by atoms with Gasteiger partial charge in [-0.3, -0.25) is 4.57 Å². The number of nitrogens with two attached hydrogens (primary N) is 1. The van der Waals surface area contributed by atoms with Crippen LogP contribution in [0.3, 0.4) is 0 Å². The Morgan fingerprint density at radius 3 is 2.80 bits per heavy atom. The van der Waals surface area contributed by atoms with Crippen LogP contribution in [0.5, 0.6) is 5.75 Å². The predicted molar refractivity (Wildman–Crippen MR) is 57.1 cm³/mol. The number of nitrogens with zero attached hydrogens (tertiary/aromatic N) is 3. The van der Waals surface area contributed by atoms with Gasteiger partial charge in [-0.05, 0) is 6.92 Å². The third kappa shape index (κ3) is 1.63. The number of nitrogen functional groups attached to an aromatic ring is 1. The first-order valence-corrected chi connectivity index (χ1v) is 4.51. The molecule has 0 bridgehead atoms. The number of rotatable bonds is 2. The van der Waals surface area contributed by atoms with Crippen molar-refractivity contribution in [2.45, 2.75) is 6.92 Å². The van der Waals surface area contributed by atoms with E-state index in [1.165, 1.54) is 0 Å². The van der Waals surface area contributed by atoms with E-state index in [1.54, 1.807) is 31.9 Å². The Kier molecular flexibility index (Phi) is 2.29. The molecule has 78 valence electrons. The SMILES string of the molecule is COc1cc(N)ncc1-n1cncc1C. The Bertz CT molecular complexity index is 478. The summed E-state index contributed by atoms with van der Waals surface area (Å²) in [5.74, 6) is 1.12. The number of hydrogen-bond acceptors (Lipinski definition) is 4. The van der Waals surface area contributed by atoms with Gasteiger partial charge in [0.2, 0.25) is 0 Å². The predicted octanol–water partition coefficient (Wildman–Crippen LogP) is 1.17. The molecule has 2 rings (SSSR count). The Balaban J connectivity index is 2.58. The molecule has 2 aromatic heterocycles. The van der Waals surface area contributed by atoms with Gasteiger partial charge in [0.15, 0.2) is 0 Å². The van der Waals surface area contributed by atoms with Crippen LogP contribution in [0.25, 0.3) is 5.69 Å². The molecule has 5 nitrogen and oxygen atoms in total. The molecular weight excluding hydrogens is 192 g/mol. The second kappa shape index (κ2) is 3.61. The van der Waals surface area contributed by atoms with Crippen molar-refractivity contribution in [1.82, 2.24) is 14.5 Å². The second-order valence-corrected chi connectivity index (χ2v) is 3.19. The smallest absolute Gasteiger partial charge is 0.148 e. The van der Waals surface area contributed by atoms with E-state index in [4.69, 9.17) is 10.5 Å². The number of imidazole rings is 1. The molecule has 15 heavy (non-hydrogen) atoms. The van der Waals surface area contributed by atoms with Crippen molar-refractivity contribution in [3.63, 3.8) is 0 Å². The van der Waals surface area contributed by atoms with Gasteiger partial charge in [-0.1, -0.05) is 0 Å². The average Bonchev–Trinajstić information content (AvgIpc) is 2.64. The van der Waals surface area contributed by atoms with Gasteiger partial charge in [0.05, 0.1) is 19.6 Å². The van der Waals surface area contributed by atoms with Crippen LogP contribution in [0.2, 0.25) is 0 Å². The minimum Gasteiger partial charge on any atom is -0.494 e. The molecule has 0 aliphatic rings. The normalized spacial score (nSPS) is 10.3. The fraction of sp³-hybridized carbons (Fsp3) is 0.200. The van der Waals surface area contributed by atoms with Gasteiger partial charge in [-0.25, -0.2) is 9.97 Å². The highest BCUT2D eigenvalue weighted by Crippen LogP contribution is 2.24. The molecule has 0 spiro atoms. The number of ether oxygens (including phenoxy) is 1. The van der Waals surface area contributed by atoms with Crippen LogP contribution in [0.4, 0.5) is 5.82 Å². The van der Waals surface area contributed by atoms with Crippen LogP contribution in [0, 0.1) is 6.92 Å². The van der Waals surface area contributed by atoms with Crippen molar-refractivity contribution in [2.75, 3.05) is 12.8 Å². The van der Waals surface area contributed by atoms with Crippen LogP contribution >= 0.6 is 0 Å². The highest BCUT2D eigenvalue weighted by molar-refractivity contribution is 5.51. The number of methoxy groups -OCH3 is 1. The Labute approximate surface area is 87.5 Å². The lowest BCUT2D eigenvalue weighted by Crippen LogP contribution is -2.01. The maximum absolute atomic E-state index is 5.58. The third-order valence-corrected chi connectivity index (χ3v) is 2.17. The molecule has 0 radical (unpaired) electrons. The molecule has 0 aliphatic carbocycles. The van der Waals surface area contributed by atoms with Crippen molar-refractivity contribution in [2.24, 2.45) is 0 Å². The van der Waals surface area contributed by atoms with Crippen LogP contribution in [-0.4, -0.2) is 21.6 Å². The number of pyridine rings is 1. The largest absolute Gasteiger partial charge is 0.494 e. The highest BCUT2D eigenvalue weighted by atomic mass is 16.5. The second-order valence-electron chi connectivity index (χ2n) is 3.19. The molecule has 0 fully saturated rings. The van der Waals surface area contributed by atoms with Crippen molar-refractivity contribution < 1.29 is 4.74 Å². The zero-order valence-electron chi connectivity index (χ0n) is 8.64. The molecule has 2 heterocycles. The van der Waals surface area contributed by atoms with Gasteiger partial charge in [-0.15, -0.1) is 0 Å². The summed E-state index contributed by atoms with van der Waals surface area (Å²) in [5, 5.41) is 0. The van der Waals surface area contributed by atoms with E-state index in [9.17, 15) is 0 Å². The van der Waals surface area contributed by atoms with Gasteiger partial charge in [0.1, 0.15) is 17.3 Å². The molecular formula is C10H12N4O. The van der Waals surface area contributed by atoms with E-state index < -0.39 is 0 Å². The minimum atomic E-state index is 0.438. The fourth-order valence-electron chi connectivity index (χ4n) is 1.40. The lowest BCUT2D eigenvalue weighted by Gasteiger charge is -2.10. The van der Waals surface area contributed by atoms with E-state index in [1.807, 2.05) is 11.5 Å². The Hall–Kier alpha value is -2.04. The van der Waals surface area contributed by atoms with Gasteiger partial charge in [0, 0.05) is 18.0 Å². The maximum atomic E-state index is 5.58. The van der Waals surface area contributed by atoms with E-state index in [-0.39, 0.29) is 0 Å². The summed E-state index contributed by atoms with van der Waals surface area (Å²) in [6, 6.07) is 1.69. The van der Waals surface area contributed by atoms with Crippen molar-refractivity contribution >= 4 is 5.82 Å². The molecule has 2 N–H and O–H groups in total. The number of anilines is 1. The molecule has 5 heteroatoms. The molecule has 0 unspecified atom stereocenters. The van der Waals surface area contributed by atoms with Gasteiger partial charge in [-0.2, -0.15) is 0 Å². The number of hydrogen-bond donors (Lipinski definition) is 1. The van der Waals surface area contributed by atoms with E-state index >= 15 is 0 Å². The zero-order valence-corrected chi connectivity index (χ0v) is 8.64. The van der Waals surface area contributed by atoms with E-state index in [2.05, 4.69) is 9.97 Å². The van der Waals surface area contributed by atoms with Crippen LogP contribution in [0.15, 0.2) is 24.8 Å². The summed E-state index contributed by atoms with van der Waals surface area (Å²) in [6.45, 7) is 1.96. The molecule has 0 amide bonds. The summed E-state index contributed by atoms with van der Waals surface area (Å²) in [4.78, 5) is 8.08. The minimum absolute atomic E-state index is 0.438. The zero-order chi connectivity index (χ0) is 10.8. The molecule has 0 atom stereocenters. The van der Waals surface area contributed by atoms with E-state index in [0.717, 1.165) is 11.4 Å². The summed E-state index contributed by atoms with van der Waals surface area (Å²) in [5.41, 5.74) is 7.43. The third-order valence-electron chi connectivity index (χ3n) is 2.17. The summed E-state index contributed by atoms with van der Waals surface area (Å²) in [7, 11) is 1.60. The lowest BCUT2D eigenvalue weighted by atomic mass is 10.3. The van der Waals surface area contributed by atoms with Gasteiger partial charge < -0.3 is 10.5 Å². The average molecular weight is 204 g/mol. The van der Waals surface area contributed by atoms with Crippen LogP contribution in [0.1, 0.15) is 5.69 Å². The number of aryl methyl sites for hydroxylation is 1. The standard InChI is InChI=1S/C10H12N4O/c1-7-4-12-6-14(7)8-5-13-10(11)3-9(8)15-2/h3-6H,1-2H3,(H2,11,13). The first-order chi connectivity index (χ1) is 7.22.